The Morgan fingerprint density at radius 3 is 2.93 bits per heavy atom. The largest absolute Gasteiger partial charge is 0.346 e. The van der Waals surface area contributed by atoms with Crippen molar-refractivity contribution < 1.29 is 0 Å². The molecule has 0 amide bonds. The van der Waals surface area contributed by atoms with Gasteiger partial charge in [-0.05, 0) is 11.6 Å². The quantitative estimate of drug-likeness (QED) is 0.833. The number of hydrogen-bond acceptors (Lipinski definition) is 3. The van der Waals surface area contributed by atoms with Crippen molar-refractivity contribution in [2.24, 2.45) is 0 Å². The summed E-state index contributed by atoms with van der Waals surface area (Å²) in [7, 11) is 0. The highest BCUT2D eigenvalue weighted by atomic mass is 35.5. The van der Waals surface area contributed by atoms with Crippen molar-refractivity contribution in [3.05, 3.63) is 28.0 Å². The summed E-state index contributed by atoms with van der Waals surface area (Å²) >= 11 is 13.1. The molecule has 1 aliphatic rings. The zero-order valence-corrected chi connectivity index (χ0v) is 10.2. The lowest BCUT2D eigenvalue weighted by Crippen LogP contribution is -2.22. The molecule has 1 N–H and O–H groups in total. The molecule has 0 spiro atoms. The summed E-state index contributed by atoms with van der Waals surface area (Å²) in [5, 5.41) is 9.06. The van der Waals surface area contributed by atoms with Gasteiger partial charge < -0.3 is 4.90 Å². The van der Waals surface area contributed by atoms with E-state index in [0.717, 1.165) is 17.9 Å². The minimum atomic E-state index is 0.325. The fourth-order valence-corrected chi connectivity index (χ4v) is 2.50. The van der Waals surface area contributed by atoms with E-state index in [9.17, 15) is 0 Å². The number of halogens is 2. The van der Waals surface area contributed by atoms with E-state index in [-0.39, 0.29) is 0 Å². The van der Waals surface area contributed by atoms with E-state index >= 15 is 0 Å². The molecular formula is C9H9Cl2N3S. The number of nitrogens with one attached hydrogen (secondary N) is 1. The predicted molar refractivity (Wildman–Crippen MR) is 64.9 cm³/mol. The lowest BCUT2D eigenvalue weighted by atomic mass is 10.3. The highest BCUT2D eigenvalue weighted by molar-refractivity contribution is 8.14. The third-order valence-corrected chi connectivity index (χ3v) is 3.72. The van der Waals surface area contributed by atoms with Crippen LogP contribution >= 0.6 is 35.0 Å². The molecule has 1 aliphatic heterocycles. The standard InChI is InChI=1S/C9H9Cl2N3S/c10-7-3-6(4-13-8(7)11)5-14-1-2-15-9(14)12/h3-4,12H,1-2,5H2. The van der Waals surface area contributed by atoms with E-state index in [1.807, 2.05) is 4.90 Å². The molecule has 15 heavy (non-hydrogen) atoms. The van der Waals surface area contributed by atoms with Crippen LogP contribution in [0.1, 0.15) is 5.56 Å². The fourth-order valence-electron chi connectivity index (χ4n) is 1.36. The van der Waals surface area contributed by atoms with Gasteiger partial charge in [0.05, 0.1) is 5.02 Å². The molecular weight excluding hydrogens is 253 g/mol. The van der Waals surface area contributed by atoms with Crippen LogP contribution in [0.4, 0.5) is 0 Å². The maximum Gasteiger partial charge on any atom is 0.156 e. The Morgan fingerprint density at radius 1 is 1.53 bits per heavy atom. The molecule has 6 heteroatoms. The third kappa shape index (κ3) is 2.56. The molecule has 1 aromatic heterocycles. The number of rotatable bonds is 2. The van der Waals surface area contributed by atoms with Crippen molar-refractivity contribution in [1.82, 2.24) is 9.88 Å². The van der Waals surface area contributed by atoms with Crippen molar-refractivity contribution >= 4 is 40.1 Å². The van der Waals surface area contributed by atoms with Gasteiger partial charge in [0, 0.05) is 25.0 Å². The first-order chi connectivity index (χ1) is 7.16. The highest BCUT2D eigenvalue weighted by Gasteiger charge is 2.17. The van der Waals surface area contributed by atoms with E-state index in [1.165, 1.54) is 0 Å². The van der Waals surface area contributed by atoms with Gasteiger partial charge >= 0.3 is 0 Å². The molecule has 1 fully saturated rings. The first-order valence-corrected chi connectivity index (χ1v) is 6.17. The van der Waals surface area contributed by atoms with Gasteiger partial charge in [0.15, 0.2) is 5.17 Å². The van der Waals surface area contributed by atoms with E-state index < -0.39 is 0 Å². The smallest absolute Gasteiger partial charge is 0.156 e. The Kier molecular flexibility index (Phi) is 3.38. The molecule has 0 aromatic carbocycles. The van der Waals surface area contributed by atoms with Crippen LogP contribution in [0.25, 0.3) is 0 Å². The molecule has 1 aromatic rings. The van der Waals surface area contributed by atoms with Crippen molar-refractivity contribution in [2.45, 2.75) is 6.54 Å². The molecule has 2 heterocycles. The van der Waals surface area contributed by atoms with Crippen LogP contribution in [0.5, 0.6) is 0 Å². The number of aromatic nitrogens is 1. The van der Waals surface area contributed by atoms with Gasteiger partial charge in [-0.2, -0.15) is 0 Å². The number of hydrogen-bond donors (Lipinski definition) is 1. The van der Waals surface area contributed by atoms with Gasteiger partial charge in [-0.25, -0.2) is 4.98 Å². The van der Waals surface area contributed by atoms with Crippen LogP contribution in [0.2, 0.25) is 10.2 Å². The SMILES string of the molecule is N=C1SCCN1Cc1cnc(Cl)c(Cl)c1. The lowest BCUT2D eigenvalue weighted by molar-refractivity contribution is 0.454. The Bertz CT molecular complexity index is 397. The van der Waals surface area contributed by atoms with E-state index in [0.29, 0.717) is 21.9 Å². The molecule has 1 saturated heterocycles. The summed E-state index contributed by atoms with van der Waals surface area (Å²) in [6.45, 7) is 1.58. The van der Waals surface area contributed by atoms with Crippen molar-refractivity contribution in [2.75, 3.05) is 12.3 Å². The second-order valence-electron chi connectivity index (χ2n) is 3.19. The molecule has 2 rings (SSSR count). The predicted octanol–water partition coefficient (Wildman–Crippen LogP) is 2.87. The summed E-state index contributed by atoms with van der Waals surface area (Å²) in [5.74, 6) is 0.980. The summed E-state index contributed by atoms with van der Waals surface area (Å²) in [5.41, 5.74) is 0.983. The summed E-state index contributed by atoms with van der Waals surface area (Å²) in [6.07, 6.45) is 1.70. The second kappa shape index (κ2) is 4.60. The molecule has 0 saturated carbocycles. The molecule has 3 nitrogen and oxygen atoms in total. The Hall–Kier alpha value is -0.450. The van der Waals surface area contributed by atoms with Gasteiger partial charge in [-0.15, -0.1) is 0 Å². The maximum atomic E-state index is 7.66. The molecule has 0 radical (unpaired) electrons. The van der Waals surface area contributed by atoms with Gasteiger partial charge in [0.25, 0.3) is 0 Å². The van der Waals surface area contributed by atoms with Gasteiger partial charge in [0.2, 0.25) is 0 Å². The van der Waals surface area contributed by atoms with Crippen LogP contribution in [0.3, 0.4) is 0 Å². The summed E-state index contributed by atoms with van der Waals surface area (Å²) < 4.78 is 0. The third-order valence-electron chi connectivity index (χ3n) is 2.11. The first kappa shape index (κ1) is 11.0. The van der Waals surface area contributed by atoms with Crippen molar-refractivity contribution in [3.63, 3.8) is 0 Å². The summed E-state index contributed by atoms with van der Waals surface area (Å²) in [4.78, 5) is 5.97. The van der Waals surface area contributed by atoms with E-state index in [1.54, 1.807) is 24.0 Å². The van der Waals surface area contributed by atoms with Crippen LogP contribution in [-0.4, -0.2) is 27.3 Å². The van der Waals surface area contributed by atoms with Crippen LogP contribution in [0.15, 0.2) is 12.3 Å². The zero-order valence-electron chi connectivity index (χ0n) is 7.83. The van der Waals surface area contributed by atoms with E-state index in [4.69, 9.17) is 28.6 Å². The van der Waals surface area contributed by atoms with Crippen LogP contribution < -0.4 is 0 Å². The maximum absolute atomic E-state index is 7.66. The minimum absolute atomic E-state index is 0.325. The second-order valence-corrected chi connectivity index (χ2v) is 5.04. The Labute approximate surface area is 102 Å². The average molecular weight is 262 g/mol. The molecule has 0 atom stereocenters. The van der Waals surface area contributed by atoms with E-state index in [2.05, 4.69) is 4.98 Å². The molecule has 0 bridgehead atoms. The number of nitrogens with zero attached hydrogens (tertiary/aromatic N) is 2. The van der Waals surface area contributed by atoms with Crippen LogP contribution in [0, 0.1) is 5.41 Å². The molecule has 0 unspecified atom stereocenters. The number of thioether (sulfide) groups is 1. The van der Waals surface area contributed by atoms with Crippen LogP contribution in [-0.2, 0) is 6.54 Å². The monoisotopic (exact) mass is 261 g/mol. The Balaban J connectivity index is 2.10. The summed E-state index contributed by atoms with van der Waals surface area (Å²) in [6, 6.07) is 1.80. The topological polar surface area (TPSA) is 40.0 Å². The zero-order chi connectivity index (χ0) is 10.8. The van der Waals surface area contributed by atoms with Gasteiger partial charge in [-0.1, -0.05) is 35.0 Å². The van der Waals surface area contributed by atoms with Crippen molar-refractivity contribution in [3.8, 4) is 0 Å². The average Bonchev–Trinajstić information content (AvgIpc) is 2.59. The lowest BCUT2D eigenvalue weighted by Gasteiger charge is -2.16. The van der Waals surface area contributed by atoms with Gasteiger partial charge in [-0.3, -0.25) is 5.41 Å². The van der Waals surface area contributed by atoms with Crippen molar-refractivity contribution in [1.29, 1.82) is 5.41 Å². The molecule has 80 valence electrons. The first-order valence-electron chi connectivity index (χ1n) is 4.43. The van der Waals surface area contributed by atoms with Gasteiger partial charge in [0.1, 0.15) is 5.15 Å². The fraction of sp³-hybridized carbons (Fsp3) is 0.333. The normalized spacial score (nSPS) is 16.1. The Morgan fingerprint density at radius 2 is 2.33 bits per heavy atom. The number of pyridine rings is 1. The minimum Gasteiger partial charge on any atom is -0.346 e. The number of amidine groups is 1. The molecule has 0 aliphatic carbocycles. The highest BCUT2D eigenvalue weighted by Crippen LogP contribution is 2.23.